The third-order valence-corrected chi connectivity index (χ3v) is 8.26. The minimum atomic E-state index is -0.542. The van der Waals surface area contributed by atoms with Crippen LogP contribution in [-0.2, 0) is 17.3 Å². The molecule has 5 aromatic rings. The van der Waals surface area contributed by atoms with Crippen LogP contribution < -0.4 is 27.5 Å². The van der Waals surface area contributed by atoms with E-state index in [2.05, 4.69) is 19.9 Å². The van der Waals surface area contributed by atoms with E-state index in [4.69, 9.17) is 38.8 Å². The van der Waals surface area contributed by atoms with Crippen LogP contribution in [0.4, 0.5) is 5.69 Å². The lowest BCUT2D eigenvalue weighted by Crippen LogP contribution is -2.15. The molecule has 0 bridgehead atoms. The van der Waals surface area contributed by atoms with Crippen molar-refractivity contribution in [3.63, 3.8) is 0 Å². The van der Waals surface area contributed by atoms with Crippen molar-refractivity contribution in [3.8, 4) is 11.9 Å². The summed E-state index contributed by atoms with van der Waals surface area (Å²) >= 11 is 7.74. The highest BCUT2D eigenvalue weighted by molar-refractivity contribution is 8.00. The van der Waals surface area contributed by atoms with Crippen LogP contribution in [0.3, 0.4) is 0 Å². The number of H-pyrrole nitrogens is 1. The Balaban J connectivity index is 0.000000265. The fourth-order valence-corrected chi connectivity index (χ4v) is 5.70. The number of aryl methyl sites for hydroxylation is 2. The number of aromatic amines is 1. The highest BCUT2D eigenvalue weighted by atomic mass is 35.5. The monoisotopic (exact) mass is 700 g/mol. The number of rotatable bonds is 8. The summed E-state index contributed by atoms with van der Waals surface area (Å²) in [4.78, 5) is 48.8. The summed E-state index contributed by atoms with van der Waals surface area (Å²) in [6.07, 6.45) is 6.88. The van der Waals surface area contributed by atoms with E-state index in [-0.39, 0.29) is 23.7 Å². The number of aromatic nitrogens is 4. The van der Waals surface area contributed by atoms with Crippen LogP contribution in [0.25, 0.3) is 10.2 Å². The van der Waals surface area contributed by atoms with Crippen molar-refractivity contribution in [1.29, 1.82) is 5.26 Å². The largest absolute Gasteiger partial charge is 0.473 e. The Morgan fingerprint density at radius 2 is 1.65 bits per heavy atom. The number of hydrogen-bond donors (Lipinski definition) is 4. The topological polar surface area (TPSA) is 217 Å². The van der Waals surface area contributed by atoms with Gasteiger partial charge in [-0.1, -0.05) is 11.8 Å². The first-order chi connectivity index (χ1) is 21.5. The van der Waals surface area contributed by atoms with Gasteiger partial charge in [-0.2, -0.15) is 5.26 Å². The van der Waals surface area contributed by atoms with Crippen molar-refractivity contribution in [2.24, 2.45) is 11.5 Å². The fraction of sp³-hybridized carbons (Fsp3) is 0.167. The number of fused-ring (bicyclic) bond motifs is 1. The van der Waals surface area contributed by atoms with Gasteiger partial charge >= 0.3 is 0 Å². The zero-order chi connectivity index (χ0) is 32.9. The molecule has 12 nitrogen and oxygen atoms in total. The lowest BCUT2D eigenvalue weighted by molar-refractivity contribution is -0.115. The molecule has 240 valence electrons. The quantitative estimate of drug-likeness (QED) is 0.130. The summed E-state index contributed by atoms with van der Waals surface area (Å²) in [5, 5.41) is 10.0. The second-order valence-electron chi connectivity index (χ2n) is 9.19. The molecule has 16 heteroatoms. The van der Waals surface area contributed by atoms with Crippen molar-refractivity contribution in [3.05, 3.63) is 104 Å². The molecule has 0 atom stereocenters. The van der Waals surface area contributed by atoms with Gasteiger partial charge in [-0.3, -0.25) is 24.4 Å². The molecule has 0 saturated carbocycles. The standard InChI is InChI=1S/C15H14N4O2S.C9H9N3O2S.C6H6ClN.ClH/c1-8-6-10(21-7-9-2-4-18-5-3-9)19-15-11(8)12(16)13(22-15)14(17)20;1-5-2-8(14)12-9(6(5)3-10)15-4-7(11)13;7-5-6-1-3-8-4-2-6;/h2-6H,7,16H2,1H3,(H2,17,20);2H,4H2,1H3,(H2,11,13)(H,12,14);1-4H,5H2;1H. The summed E-state index contributed by atoms with van der Waals surface area (Å²) in [5.74, 6) is 0.0563. The smallest absolute Gasteiger partial charge is 0.260 e. The van der Waals surface area contributed by atoms with Crippen molar-refractivity contribution < 1.29 is 14.3 Å². The molecule has 0 aliphatic rings. The maximum absolute atomic E-state index is 11.4. The van der Waals surface area contributed by atoms with E-state index >= 15 is 0 Å². The number of nitriles is 1. The van der Waals surface area contributed by atoms with E-state index in [1.54, 1.807) is 37.8 Å². The lowest BCUT2D eigenvalue weighted by Gasteiger charge is -2.07. The molecule has 5 rings (SSSR count). The molecule has 5 heterocycles. The SMILES string of the molecule is Cc1cc(=O)[nH]c(SCC(N)=O)c1C#N.Cc1cc(OCc2ccncc2)nc2sc(C(N)=O)c(N)c12.Cl.ClCc1ccncc1. The van der Waals surface area contributed by atoms with Gasteiger partial charge < -0.3 is 26.9 Å². The van der Waals surface area contributed by atoms with Crippen LogP contribution in [-0.4, -0.2) is 37.5 Å². The summed E-state index contributed by atoms with van der Waals surface area (Å²) < 4.78 is 5.70. The molecule has 0 fully saturated rings. The van der Waals surface area contributed by atoms with Crippen LogP contribution in [0.2, 0.25) is 0 Å². The lowest BCUT2D eigenvalue weighted by atomic mass is 10.1. The van der Waals surface area contributed by atoms with E-state index in [1.165, 1.54) is 17.4 Å². The first kappa shape index (κ1) is 37.5. The number of amides is 2. The third kappa shape index (κ3) is 10.7. The van der Waals surface area contributed by atoms with Gasteiger partial charge in [0.2, 0.25) is 17.3 Å². The van der Waals surface area contributed by atoms with E-state index in [9.17, 15) is 14.4 Å². The molecule has 0 aromatic carbocycles. The third-order valence-electron chi connectivity index (χ3n) is 5.81. The van der Waals surface area contributed by atoms with Crippen molar-refractivity contribution in [2.45, 2.75) is 31.4 Å². The summed E-state index contributed by atoms with van der Waals surface area (Å²) in [6.45, 7) is 3.96. The maximum Gasteiger partial charge on any atom is 0.260 e. The second-order valence-corrected chi connectivity index (χ2v) is 11.4. The van der Waals surface area contributed by atoms with E-state index in [1.807, 2.05) is 37.3 Å². The van der Waals surface area contributed by atoms with Crippen molar-refractivity contribution >= 4 is 74.8 Å². The fourth-order valence-electron chi connectivity index (χ4n) is 3.69. The zero-order valence-electron chi connectivity index (χ0n) is 24.7. The molecule has 0 unspecified atom stereocenters. The number of halogens is 2. The summed E-state index contributed by atoms with van der Waals surface area (Å²) in [5.41, 5.74) is 20.3. The number of hydrogen-bond acceptors (Lipinski definition) is 11. The number of anilines is 1. The van der Waals surface area contributed by atoms with E-state index in [0.29, 0.717) is 49.9 Å². The first-order valence-electron chi connectivity index (χ1n) is 13.0. The number of thioether (sulfide) groups is 1. The Labute approximate surface area is 283 Å². The Morgan fingerprint density at radius 3 is 2.17 bits per heavy atom. The molecule has 0 spiro atoms. The van der Waals surface area contributed by atoms with Gasteiger partial charge in [0.25, 0.3) is 5.91 Å². The number of carbonyl (C=O) groups excluding carboxylic acids is 2. The number of alkyl halides is 1. The number of primary amides is 2. The molecule has 7 N–H and O–H groups in total. The van der Waals surface area contributed by atoms with Gasteiger partial charge in [-0.05, 0) is 60.4 Å². The average Bonchev–Trinajstić information content (AvgIpc) is 3.37. The summed E-state index contributed by atoms with van der Waals surface area (Å²) in [7, 11) is 0. The van der Waals surface area contributed by atoms with Gasteiger partial charge in [0, 0.05) is 48.2 Å². The number of pyridine rings is 4. The van der Waals surface area contributed by atoms with Crippen LogP contribution in [0.15, 0.2) is 71.0 Å². The average molecular weight is 702 g/mol. The van der Waals surface area contributed by atoms with E-state index in [0.717, 1.165) is 33.8 Å². The van der Waals surface area contributed by atoms with Gasteiger partial charge in [0.1, 0.15) is 22.4 Å². The molecule has 0 saturated heterocycles. The Hall–Kier alpha value is -4.68. The van der Waals surface area contributed by atoms with Crippen LogP contribution in [0.1, 0.15) is 37.5 Å². The molecule has 0 aliphatic carbocycles. The highest BCUT2D eigenvalue weighted by Gasteiger charge is 2.17. The predicted octanol–water partition coefficient (Wildman–Crippen LogP) is 4.63. The predicted molar refractivity (Wildman–Crippen MR) is 183 cm³/mol. The Morgan fingerprint density at radius 1 is 1.04 bits per heavy atom. The van der Waals surface area contributed by atoms with Gasteiger partial charge in [-0.25, -0.2) is 4.98 Å². The second kappa shape index (κ2) is 18.3. The molecule has 0 aliphatic heterocycles. The minimum absolute atomic E-state index is 0. The molecular weight excluding hydrogens is 671 g/mol. The maximum atomic E-state index is 11.4. The Kier molecular flexibility index (Phi) is 14.9. The summed E-state index contributed by atoms with van der Waals surface area (Å²) in [6, 6.07) is 12.7. The Bertz CT molecular complexity index is 1880. The number of ether oxygens (including phenoxy) is 1. The molecule has 46 heavy (non-hydrogen) atoms. The van der Waals surface area contributed by atoms with Gasteiger partial charge in [-0.15, -0.1) is 35.3 Å². The van der Waals surface area contributed by atoms with Crippen LogP contribution >= 0.6 is 47.1 Å². The number of carbonyl (C=O) groups is 2. The highest BCUT2D eigenvalue weighted by Crippen LogP contribution is 2.36. The molecule has 2 amide bonds. The van der Waals surface area contributed by atoms with Gasteiger partial charge in [0.15, 0.2) is 0 Å². The van der Waals surface area contributed by atoms with E-state index < -0.39 is 11.8 Å². The van der Waals surface area contributed by atoms with Crippen LogP contribution in [0.5, 0.6) is 5.88 Å². The van der Waals surface area contributed by atoms with Crippen LogP contribution in [0, 0.1) is 25.2 Å². The zero-order valence-corrected chi connectivity index (χ0v) is 27.9. The van der Waals surface area contributed by atoms with Gasteiger partial charge in [0.05, 0.1) is 22.0 Å². The number of thiophene rings is 1. The van der Waals surface area contributed by atoms with Crippen molar-refractivity contribution in [1.82, 2.24) is 19.9 Å². The molecule has 0 radical (unpaired) electrons. The molecular formula is C30H30Cl2N8O4S2. The number of nitrogens with two attached hydrogens (primary N) is 3. The molecule has 5 aromatic heterocycles. The van der Waals surface area contributed by atoms with Crippen molar-refractivity contribution in [2.75, 3.05) is 11.5 Å². The normalized spacial score (nSPS) is 9.87. The number of nitrogens with zero attached hydrogens (tertiary/aromatic N) is 4. The number of nitrogen functional groups attached to an aromatic ring is 1. The number of nitrogens with one attached hydrogen (secondary N) is 1. The first-order valence-corrected chi connectivity index (χ1v) is 15.4. The minimum Gasteiger partial charge on any atom is -0.473 e.